The van der Waals surface area contributed by atoms with Gasteiger partial charge in [-0.3, -0.25) is 4.79 Å². The van der Waals surface area contributed by atoms with E-state index in [0.29, 0.717) is 10.7 Å². The Kier molecular flexibility index (Phi) is 4.98. The van der Waals surface area contributed by atoms with Crippen LogP contribution in [0.15, 0.2) is 30.3 Å². The average molecular weight is 423 g/mol. The summed E-state index contributed by atoms with van der Waals surface area (Å²) in [7, 11) is 0. The smallest absolute Gasteiger partial charge is 0.350 e. The van der Waals surface area contributed by atoms with Crippen LogP contribution < -0.4 is 5.32 Å². The van der Waals surface area contributed by atoms with E-state index in [1.807, 2.05) is 0 Å². The van der Waals surface area contributed by atoms with Crippen LogP contribution in [0.4, 0.5) is 13.2 Å². The van der Waals surface area contributed by atoms with Crippen molar-refractivity contribution < 1.29 is 18.0 Å². The van der Waals surface area contributed by atoms with E-state index in [1.165, 1.54) is 11.6 Å². The zero-order valence-corrected chi connectivity index (χ0v) is 16.3. The minimum Gasteiger partial charge on any atom is -0.350 e. The number of alkyl halides is 3. The molecule has 1 amide bonds. The summed E-state index contributed by atoms with van der Waals surface area (Å²) in [5.41, 5.74) is 0.692. The zero-order valence-electron chi connectivity index (χ0n) is 15.6. The molecule has 1 aliphatic carbocycles. The Balaban J connectivity index is 1.63. The van der Waals surface area contributed by atoms with Crippen molar-refractivity contribution >= 4 is 28.5 Å². The molecule has 0 atom stereocenters. The lowest BCUT2D eigenvalue weighted by Gasteiger charge is -2.11. The van der Waals surface area contributed by atoms with Crippen LogP contribution in [0.1, 0.15) is 41.3 Å². The van der Waals surface area contributed by atoms with Gasteiger partial charge in [0.1, 0.15) is 6.54 Å². The lowest BCUT2D eigenvalue weighted by molar-refractivity contribution is -0.136. The average Bonchev–Trinajstić information content (AvgIpc) is 3.46. The minimum absolute atomic E-state index is 0.0400. The number of carbonyl (C=O) groups excluding carboxylic acids is 1. The van der Waals surface area contributed by atoms with Gasteiger partial charge in [-0.15, -0.1) is 0 Å². The molecule has 3 aromatic rings. The number of rotatable bonds is 5. The molecule has 0 unspecified atom stereocenters. The van der Waals surface area contributed by atoms with Gasteiger partial charge >= 0.3 is 6.18 Å². The summed E-state index contributed by atoms with van der Waals surface area (Å²) in [6.07, 6.45) is -2.88. The number of benzene rings is 1. The van der Waals surface area contributed by atoms with Gasteiger partial charge in [0.25, 0.3) is 0 Å². The van der Waals surface area contributed by atoms with E-state index in [2.05, 4.69) is 15.4 Å². The fraction of sp³-hybridized carbons (Fsp3) is 0.350. The van der Waals surface area contributed by atoms with Gasteiger partial charge in [-0.1, -0.05) is 29.8 Å². The van der Waals surface area contributed by atoms with E-state index in [1.54, 1.807) is 24.3 Å². The fourth-order valence-electron chi connectivity index (χ4n) is 3.32. The molecule has 1 saturated carbocycles. The van der Waals surface area contributed by atoms with Crippen LogP contribution in [0.3, 0.4) is 0 Å². The summed E-state index contributed by atoms with van der Waals surface area (Å²) >= 11 is 6.08. The molecule has 152 valence electrons. The molecule has 2 aromatic heterocycles. The van der Waals surface area contributed by atoms with E-state index in [-0.39, 0.29) is 41.6 Å². The number of amides is 1. The first-order chi connectivity index (χ1) is 13.7. The second-order valence-electron chi connectivity index (χ2n) is 7.18. The summed E-state index contributed by atoms with van der Waals surface area (Å²) in [6, 6.07) is 8.22. The molecule has 0 saturated heterocycles. The summed E-state index contributed by atoms with van der Waals surface area (Å²) in [5, 5.41) is 7.36. The number of hydrogen-bond acceptors (Lipinski definition) is 3. The summed E-state index contributed by atoms with van der Waals surface area (Å²) < 4.78 is 42.1. The van der Waals surface area contributed by atoms with Gasteiger partial charge in [0, 0.05) is 23.2 Å². The van der Waals surface area contributed by atoms with Crippen LogP contribution >= 0.6 is 11.6 Å². The van der Waals surface area contributed by atoms with Crippen molar-refractivity contribution in [1.82, 2.24) is 20.1 Å². The van der Waals surface area contributed by atoms with Crippen LogP contribution in [-0.2, 0) is 24.1 Å². The van der Waals surface area contributed by atoms with Crippen molar-refractivity contribution in [1.29, 1.82) is 0 Å². The van der Waals surface area contributed by atoms with Crippen molar-refractivity contribution in [2.75, 3.05) is 0 Å². The van der Waals surface area contributed by atoms with E-state index >= 15 is 0 Å². The summed E-state index contributed by atoms with van der Waals surface area (Å²) in [5.74, 6) is -0.347. The third-order valence-electron chi connectivity index (χ3n) is 4.93. The molecule has 1 fully saturated rings. The Labute approximate surface area is 169 Å². The standard InChI is InChI=1S/C20H18ClF3N4O/c1-11-18-14(20(22,23)24)8-16(12-6-7-12)26-19(18)28(27-11)10-17(29)25-9-13-4-2-3-5-15(13)21/h2-5,8,12H,6-7,9-10H2,1H3,(H,25,29). The number of pyridine rings is 1. The SMILES string of the molecule is Cc1nn(CC(=O)NCc2ccccc2Cl)c2nc(C3CC3)cc(C(F)(F)F)c12. The van der Waals surface area contributed by atoms with Crippen LogP contribution in [0.25, 0.3) is 11.0 Å². The fourth-order valence-corrected chi connectivity index (χ4v) is 3.52. The molecule has 9 heteroatoms. The highest BCUT2D eigenvalue weighted by Gasteiger charge is 2.37. The van der Waals surface area contributed by atoms with Crippen LogP contribution in [-0.4, -0.2) is 20.7 Å². The first kappa shape index (κ1) is 19.7. The van der Waals surface area contributed by atoms with E-state index in [9.17, 15) is 18.0 Å². The number of aryl methyl sites for hydroxylation is 1. The largest absolute Gasteiger partial charge is 0.417 e. The number of aromatic nitrogens is 3. The number of halogens is 4. The molecule has 5 nitrogen and oxygen atoms in total. The first-order valence-electron chi connectivity index (χ1n) is 9.19. The normalized spacial score (nSPS) is 14.4. The number of nitrogens with zero attached hydrogens (tertiary/aromatic N) is 3. The van der Waals surface area contributed by atoms with Crippen molar-refractivity contribution in [2.45, 2.75) is 44.9 Å². The van der Waals surface area contributed by atoms with Crippen LogP contribution in [0.2, 0.25) is 5.02 Å². The van der Waals surface area contributed by atoms with Gasteiger partial charge in [0.2, 0.25) is 5.91 Å². The quantitative estimate of drug-likeness (QED) is 0.653. The molecule has 0 spiro atoms. The van der Waals surface area contributed by atoms with Crippen molar-refractivity contribution in [3.63, 3.8) is 0 Å². The highest BCUT2D eigenvalue weighted by Crippen LogP contribution is 2.43. The molecule has 1 N–H and O–H groups in total. The zero-order chi connectivity index (χ0) is 20.8. The Morgan fingerprint density at radius 1 is 1.31 bits per heavy atom. The summed E-state index contributed by atoms with van der Waals surface area (Å²) in [6.45, 7) is 1.48. The van der Waals surface area contributed by atoms with Crippen LogP contribution in [0, 0.1) is 6.92 Å². The number of nitrogens with one attached hydrogen (secondary N) is 1. The third-order valence-corrected chi connectivity index (χ3v) is 5.29. The van der Waals surface area contributed by atoms with Crippen molar-refractivity contribution in [2.24, 2.45) is 0 Å². The molecular formula is C20H18ClF3N4O. The molecule has 4 rings (SSSR count). The molecule has 29 heavy (non-hydrogen) atoms. The van der Waals surface area contributed by atoms with Gasteiger partial charge in [-0.25, -0.2) is 9.67 Å². The topological polar surface area (TPSA) is 59.8 Å². The van der Waals surface area contributed by atoms with Gasteiger partial charge in [0.15, 0.2) is 5.65 Å². The molecule has 0 aliphatic heterocycles. The summed E-state index contributed by atoms with van der Waals surface area (Å²) in [4.78, 5) is 16.8. The second-order valence-corrected chi connectivity index (χ2v) is 7.58. The Bertz CT molecular complexity index is 1090. The lowest BCUT2D eigenvalue weighted by Crippen LogP contribution is -2.27. The molecule has 0 bridgehead atoms. The molecule has 2 heterocycles. The third kappa shape index (κ3) is 4.07. The first-order valence-corrected chi connectivity index (χ1v) is 9.57. The minimum atomic E-state index is -4.52. The molecule has 1 aliphatic rings. The Morgan fingerprint density at radius 3 is 2.69 bits per heavy atom. The highest BCUT2D eigenvalue weighted by atomic mass is 35.5. The Morgan fingerprint density at radius 2 is 2.03 bits per heavy atom. The van der Waals surface area contributed by atoms with Gasteiger partial charge in [-0.05, 0) is 37.5 Å². The predicted molar refractivity (Wildman–Crippen MR) is 103 cm³/mol. The van der Waals surface area contributed by atoms with Gasteiger partial charge < -0.3 is 5.32 Å². The van der Waals surface area contributed by atoms with Crippen LogP contribution in [0.5, 0.6) is 0 Å². The second kappa shape index (κ2) is 7.33. The maximum absolute atomic E-state index is 13.6. The lowest BCUT2D eigenvalue weighted by atomic mass is 10.1. The van der Waals surface area contributed by atoms with Gasteiger partial charge in [-0.2, -0.15) is 18.3 Å². The van der Waals surface area contributed by atoms with E-state index in [4.69, 9.17) is 11.6 Å². The van der Waals surface area contributed by atoms with Gasteiger partial charge in [0.05, 0.1) is 16.6 Å². The number of hydrogen-bond donors (Lipinski definition) is 1. The maximum atomic E-state index is 13.6. The maximum Gasteiger partial charge on any atom is 0.417 e. The Hall–Kier alpha value is -2.61. The monoisotopic (exact) mass is 422 g/mol. The number of carbonyl (C=O) groups is 1. The predicted octanol–water partition coefficient (Wildman–Crippen LogP) is 4.61. The number of fused-ring (bicyclic) bond motifs is 1. The molecule has 1 aromatic carbocycles. The molecule has 0 radical (unpaired) electrons. The van der Waals surface area contributed by atoms with E-state index in [0.717, 1.165) is 24.5 Å². The van der Waals surface area contributed by atoms with Crippen molar-refractivity contribution in [3.8, 4) is 0 Å². The van der Waals surface area contributed by atoms with E-state index < -0.39 is 11.7 Å². The van der Waals surface area contributed by atoms with Crippen molar-refractivity contribution in [3.05, 3.63) is 57.9 Å². The molecular weight excluding hydrogens is 405 g/mol. The highest BCUT2D eigenvalue weighted by molar-refractivity contribution is 6.31.